The van der Waals surface area contributed by atoms with Gasteiger partial charge in [0.2, 0.25) is 11.8 Å². The second-order valence-electron chi connectivity index (χ2n) is 4.20. The highest BCUT2D eigenvalue weighted by atomic mass is 16.2. The number of hydrogen-bond donors (Lipinski definition) is 3. The highest BCUT2D eigenvalue weighted by Crippen LogP contribution is 2.16. The van der Waals surface area contributed by atoms with E-state index in [1.54, 1.807) is 7.05 Å². The molecule has 1 atom stereocenters. The molecule has 0 aromatic heterocycles. The molecule has 1 heterocycles. The maximum absolute atomic E-state index is 11.4. The number of amides is 2. The van der Waals surface area contributed by atoms with E-state index >= 15 is 0 Å². The van der Waals surface area contributed by atoms with Gasteiger partial charge >= 0.3 is 0 Å². The van der Waals surface area contributed by atoms with Gasteiger partial charge < -0.3 is 21.7 Å². The van der Waals surface area contributed by atoms with E-state index in [0.717, 1.165) is 25.9 Å². The molecule has 0 aliphatic carbocycles. The number of rotatable bonds is 4. The fourth-order valence-electron chi connectivity index (χ4n) is 1.95. The molecular weight excluding hydrogens is 208 g/mol. The number of nitrogens with two attached hydrogens (primary N) is 2. The fourth-order valence-corrected chi connectivity index (χ4v) is 1.95. The summed E-state index contributed by atoms with van der Waals surface area (Å²) in [6, 6.07) is -0.614. The van der Waals surface area contributed by atoms with Crippen molar-refractivity contribution >= 4 is 11.8 Å². The van der Waals surface area contributed by atoms with Crippen molar-refractivity contribution < 1.29 is 9.59 Å². The standard InChI is InChI=1S/C10H20N4O2/c1-13-10(16)7-2-4-14(5-3-7)6-8(11)9(12)15/h7-8H,2-6,11H2,1H3,(H2,12,15)(H,13,16). The summed E-state index contributed by atoms with van der Waals surface area (Å²) in [4.78, 5) is 24.3. The lowest BCUT2D eigenvalue weighted by molar-refractivity contribution is -0.126. The number of nitrogens with zero attached hydrogens (tertiary/aromatic N) is 1. The van der Waals surface area contributed by atoms with Crippen LogP contribution in [-0.4, -0.2) is 49.4 Å². The third-order valence-electron chi connectivity index (χ3n) is 3.03. The van der Waals surface area contributed by atoms with Crippen LogP contribution in [0.2, 0.25) is 0 Å². The van der Waals surface area contributed by atoms with Gasteiger partial charge in [0.05, 0.1) is 6.04 Å². The number of carbonyl (C=O) groups is 2. The van der Waals surface area contributed by atoms with Gasteiger partial charge in [-0.3, -0.25) is 9.59 Å². The van der Waals surface area contributed by atoms with E-state index in [2.05, 4.69) is 10.2 Å². The molecule has 1 fully saturated rings. The zero-order valence-electron chi connectivity index (χ0n) is 9.61. The minimum absolute atomic E-state index is 0.0889. The molecule has 6 nitrogen and oxygen atoms in total. The molecular formula is C10H20N4O2. The second kappa shape index (κ2) is 5.81. The van der Waals surface area contributed by atoms with Crippen LogP contribution in [0.15, 0.2) is 0 Å². The summed E-state index contributed by atoms with van der Waals surface area (Å²) in [7, 11) is 1.65. The molecule has 5 N–H and O–H groups in total. The largest absolute Gasteiger partial charge is 0.368 e. The predicted molar refractivity (Wildman–Crippen MR) is 60.4 cm³/mol. The zero-order chi connectivity index (χ0) is 12.1. The molecule has 6 heteroatoms. The molecule has 92 valence electrons. The van der Waals surface area contributed by atoms with Crippen molar-refractivity contribution in [2.24, 2.45) is 17.4 Å². The number of piperidine rings is 1. The van der Waals surface area contributed by atoms with Crippen LogP contribution in [0.1, 0.15) is 12.8 Å². The molecule has 0 spiro atoms. The molecule has 1 unspecified atom stereocenters. The fraction of sp³-hybridized carbons (Fsp3) is 0.800. The van der Waals surface area contributed by atoms with Crippen molar-refractivity contribution in [3.05, 3.63) is 0 Å². The van der Waals surface area contributed by atoms with Crippen molar-refractivity contribution in [3.63, 3.8) is 0 Å². The molecule has 1 saturated heterocycles. The minimum atomic E-state index is -0.614. The van der Waals surface area contributed by atoms with Crippen LogP contribution < -0.4 is 16.8 Å². The maximum Gasteiger partial charge on any atom is 0.235 e. The third-order valence-corrected chi connectivity index (χ3v) is 3.03. The van der Waals surface area contributed by atoms with Crippen LogP contribution in [0.3, 0.4) is 0 Å². The van der Waals surface area contributed by atoms with E-state index in [1.807, 2.05) is 0 Å². The Morgan fingerprint density at radius 3 is 2.44 bits per heavy atom. The minimum Gasteiger partial charge on any atom is -0.368 e. The molecule has 0 aromatic rings. The van der Waals surface area contributed by atoms with Gasteiger partial charge in [-0.25, -0.2) is 0 Å². The number of nitrogens with one attached hydrogen (secondary N) is 1. The van der Waals surface area contributed by atoms with E-state index in [-0.39, 0.29) is 11.8 Å². The summed E-state index contributed by atoms with van der Waals surface area (Å²) in [6.45, 7) is 2.06. The van der Waals surface area contributed by atoms with E-state index in [4.69, 9.17) is 11.5 Å². The number of carbonyl (C=O) groups excluding carboxylic acids is 2. The van der Waals surface area contributed by atoms with Crippen LogP contribution in [-0.2, 0) is 9.59 Å². The lowest BCUT2D eigenvalue weighted by Gasteiger charge is -2.31. The Morgan fingerprint density at radius 2 is 2.00 bits per heavy atom. The molecule has 0 aromatic carbocycles. The van der Waals surface area contributed by atoms with Gasteiger partial charge in [-0.1, -0.05) is 0 Å². The first kappa shape index (κ1) is 12.9. The first-order chi connectivity index (χ1) is 7.54. The van der Waals surface area contributed by atoms with E-state index in [1.165, 1.54) is 0 Å². The second-order valence-corrected chi connectivity index (χ2v) is 4.20. The molecule has 0 saturated carbocycles. The maximum atomic E-state index is 11.4. The van der Waals surface area contributed by atoms with E-state index in [0.29, 0.717) is 6.54 Å². The van der Waals surface area contributed by atoms with Gasteiger partial charge in [0.25, 0.3) is 0 Å². The number of primary amides is 1. The quantitative estimate of drug-likeness (QED) is 0.531. The van der Waals surface area contributed by atoms with Gasteiger partial charge in [0, 0.05) is 19.5 Å². The summed E-state index contributed by atoms with van der Waals surface area (Å²) < 4.78 is 0. The normalized spacial score (nSPS) is 20.4. The van der Waals surface area contributed by atoms with E-state index in [9.17, 15) is 9.59 Å². The Morgan fingerprint density at radius 1 is 1.44 bits per heavy atom. The van der Waals surface area contributed by atoms with Crippen LogP contribution >= 0.6 is 0 Å². The summed E-state index contributed by atoms with van der Waals surface area (Å²) in [6.07, 6.45) is 1.62. The topological polar surface area (TPSA) is 101 Å². The summed E-state index contributed by atoms with van der Waals surface area (Å²) in [5, 5.41) is 2.65. The first-order valence-corrected chi connectivity index (χ1v) is 5.53. The highest BCUT2D eigenvalue weighted by molar-refractivity contribution is 5.80. The molecule has 16 heavy (non-hydrogen) atoms. The van der Waals surface area contributed by atoms with Crippen molar-refractivity contribution in [2.75, 3.05) is 26.7 Å². The number of hydrogen-bond acceptors (Lipinski definition) is 4. The summed E-state index contributed by atoms with van der Waals surface area (Å²) in [5.41, 5.74) is 10.7. The predicted octanol–water partition coefficient (Wildman–Crippen LogP) is -1.74. The van der Waals surface area contributed by atoms with Gasteiger partial charge in [-0.15, -0.1) is 0 Å². The van der Waals surface area contributed by atoms with Gasteiger partial charge in [0.1, 0.15) is 0 Å². The summed E-state index contributed by atoms with van der Waals surface area (Å²) >= 11 is 0. The smallest absolute Gasteiger partial charge is 0.235 e. The lowest BCUT2D eigenvalue weighted by Crippen LogP contribution is -2.49. The van der Waals surface area contributed by atoms with Crippen LogP contribution in [0.5, 0.6) is 0 Å². The Labute approximate surface area is 95.3 Å². The lowest BCUT2D eigenvalue weighted by atomic mass is 9.96. The van der Waals surface area contributed by atoms with Gasteiger partial charge in [-0.05, 0) is 25.9 Å². The van der Waals surface area contributed by atoms with Crippen LogP contribution in [0.25, 0.3) is 0 Å². The molecule has 0 radical (unpaired) electrons. The molecule has 0 bridgehead atoms. The molecule has 1 rings (SSSR count). The number of likely N-dealkylation sites (tertiary alicyclic amines) is 1. The summed E-state index contributed by atoms with van der Waals surface area (Å²) in [5.74, 6) is -0.293. The van der Waals surface area contributed by atoms with Crippen LogP contribution in [0.4, 0.5) is 0 Å². The zero-order valence-corrected chi connectivity index (χ0v) is 9.61. The monoisotopic (exact) mass is 228 g/mol. The van der Waals surface area contributed by atoms with Gasteiger partial charge in [0.15, 0.2) is 0 Å². The van der Waals surface area contributed by atoms with Crippen molar-refractivity contribution in [3.8, 4) is 0 Å². The first-order valence-electron chi connectivity index (χ1n) is 5.53. The Balaban J connectivity index is 2.32. The SMILES string of the molecule is CNC(=O)C1CCN(CC(N)C(N)=O)CC1. The molecule has 2 amide bonds. The average Bonchev–Trinajstić information content (AvgIpc) is 2.28. The van der Waals surface area contributed by atoms with Gasteiger partial charge in [-0.2, -0.15) is 0 Å². The van der Waals surface area contributed by atoms with Crippen molar-refractivity contribution in [2.45, 2.75) is 18.9 Å². The third kappa shape index (κ3) is 3.46. The van der Waals surface area contributed by atoms with Crippen molar-refractivity contribution in [1.29, 1.82) is 0 Å². The Bertz CT molecular complexity index is 262. The molecule has 1 aliphatic heterocycles. The van der Waals surface area contributed by atoms with Crippen LogP contribution in [0, 0.1) is 5.92 Å². The molecule has 1 aliphatic rings. The highest BCUT2D eigenvalue weighted by Gasteiger charge is 2.25. The average molecular weight is 228 g/mol. The Kier molecular flexibility index (Phi) is 4.70. The van der Waals surface area contributed by atoms with Crippen molar-refractivity contribution in [1.82, 2.24) is 10.2 Å². The van der Waals surface area contributed by atoms with E-state index < -0.39 is 11.9 Å². The Hall–Kier alpha value is -1.14.